The predicted molar refractivity (Wildman–Crippen MR) is 76.2 cm³/mol. The third-order valence-electron chi connectivity index (χ3n) is 2.71. The second-order valence-corrected chi connectivity index (χ2v) is 4.60. The van der Waals surface area contributed by atoms with Crippen LogP contribution >= 0.6 is 0 Å². The first kappa shape index (κ1) is 15.2. The summed E-state index contributed by atoms with van der Waals surface area (Å²) in [5, 5.41) is 3.15. The zero-order valence-corrected chi connectivity index (χ0v) is 12.0. The fourth-order valence-electron chi connectivity index (χ4n) is 1.77. The lowest BCUT2D eigenvalue weighted by atomic mass is 10.3. The van der Waals surface area contributed by atoms with Gasteiger partial charge in [0, 0.05) is 24.4 Å². The maximum absolute atomic E-state index is 13.5. The van der Waals surface area contributed by atoms with Crippen LogP contribution in [0.25, 0.3) is 0 Å². The number of nitrogens with one attached hydrogen (secondary N) is 1. The Morgan fingerprint density at radius 1 is 1.19 bits per heavy atom. The maximum Gasteiger partial charge on any atom is 0.168 e. The van der Waals surface area contributed by atoms with Crippen LogP contribution in [0.3, 0.4) is 0 Å². The summed E-state index contributed by atoms with van der Waals surface area (Å²) in [5.74, 6) is -0.210. The lowest BCUT2D eigenvalue weighted by Crippen LogP contribution is -2.08. The Kier molecular flexibility index (Phi) is 5.03. The summed E-state index contributed by atoms with van der Waals surface area (Å²) in [6, 6.07) is 4.89. The van der Waals surface area contributed by atoms with Gasteiger partial charge in [0.05, 0.1) is 0 Å². The molecule has 2 aromatic rings. The normalized spacial score (nSPS) is 10.5. The highest BCUT2D eigenvalue weighted by atomic mass is 19.1. The summed E-state index contributed by atoms with van der Waals surface area (Å²) in [6.45, 7) is 4.67. The second-order valence-electron chi connectivity index (χ2n) is 4.60. The number of hydrogen-bond donors (Lipinski definition) is 1. The molecule has 0 aliphatic carbocycles. The highest BCUT2D eigenvalue weighted by molar-refractivity contribution is 5.35. The molecule has 1 aromatic carbocycles. The van der Waals surface area contributed by atoms with Crippen LogP contribution in [0.2, 0.25) is 0 Å². The Balaban J connectivity index is 2.08. The minimum Gasteiger partial charge on any atom is -0.482 e. The highest BCUT2D eigenvalue weighted by Gasteiger charge is 2.08. The number of hydrogen-bond acceptors (Lipinski definition) is 4. The first-order valence-electron chi connectivity index (χ1n) is 6.74. The molecular weight excluding hydrogens is 276 g/mol. The summed E-state index contributed by atoms with van der Waals surface area (Å²) >= 11 is 0. The van der Waals surface area contributed by atoms with Crippen LogP contribution in [0.4, 0.5) is 14.6 Å². The smallest absolute Gasteiger partial charge is 0.168 e. The van der Waals surface area contributed by atoms with E-state index in [4.69, 9.17) is 4.74 Å². The van der Waals surface area contributed by atoms with Gasteiger partial charge in [-0.1, -0.05) is 6.92 Å². The molecule has 0 spiro atoms. The molecule has 0 amide bonds. The van der Waals surface area contributed by atoms with Gasteiger partial charge >= 0.3 is 0 Å². The SMILES string of the molecule is CCCNc1cc(C)nc(COc2cc(F)ccc2F)n1. The van der Waals surface area contributed by atoms with Gasteiger partial charge in [-0.25, -0.2) is 18.7 Å². The van der Waals surface area contributed by atoms with Crippen LogP contribution in [-0.2, 0) is 6.61 Å². The fourth-order valence-corrected chi connectivity index (χ4v) is 1.77. The van der Waals surface area contributed by atoms with E-state index in [9.17, 15) is 8.78 Å². The van der Waals surface area contributed by atoms with E-state index in [1.54, 1.807) is 0 Å². The van der Waals surface area contributed by atoms with Crippen molar-refractivity contribution < 1.29 is 13.5 Å². The van der Waals surface area contributed by atoms with E-state index < -0.39 is 11.6 Å². The average Bonchev–Trinajstić information content (AvgIpc) is 2.45. The molecular formula is C15H17F2N3O. The van der Waals surface area contributed by atoms with Crippen LogP contribution < -0.4 is 10.1 Å². The number of benzene rings is 1. The van der Waals surface area contributed by atoms with Gasteiger partial charge in [0.15, 0.2) is 17.4 Å². The minimum absolute atomic E-state index is 0.0249. The standard InChI is InChI=1S/C15H17F2N3O/c1-3-6-18-14-7-10(2)19-15(20-14)9-21-13-8-11(16)4-5-12(13)17/h4-5,7-8H,3,6,9H2,1-2H3,(H,18,19,20). The lowest BCUT2D eigenvalue weighted by molar-refractivity contribution is 0.279. The summed E-state index contributed by atoms with van der Waals surface area (Å²) in [4.78, 5) is 8.49. The summed E-state index contributed by atoms with van der Waals surface area (Å²) in [6.07, 6.45) is 0.976. The van der Waals surface area contributed by atoms with E-state index >= 15 is 0 Å². The molecule has 1 N–H and O–H groups in total. The molecule has 0 saturated carbocycles. The van der Waals surface area contributed by atoms with Gasteiger partial charge in [0.25, 0.3) is 0 Å². The van der Waals surface area contributed by atoms with E-state index in [0.717, 1.165) is 36.9 Å². The molecule has 2 rings (SSSR count). The van der Waals surface area contributed by atoms with Gasteiger partial charge in [-0.05, 0) is 25.5 Å². The number of ether oxygens (including phenoxy) is 1. The number of aryl methyl sites for hydroxylation is 1. The Morgan fingerprint density at radius 2 is 2.00 bits per heavy atom. The Hall–Kier alpha value is -2.24. The molecule has 4 nitrogen and oxygen atoms in total. The molecule has 112 valence electrons. The third-order valence-corrected chi connectivity index (χ3v) is 2.71. The third kappa shape index (κ3) is 4.37. The van der Waals surface area contributed by atoms with Crippen LogP contribution in [0.5, 0.6) is 5.75 Å². The monoisotopic (exact) mass is 293 g/mol. The quantitative estimate of drug-likeness (QED) is 0.886. The van der Waals surface area contributed by atoms with Crippen molar-refractivity contribution in [2.75, 3.05) is 11.9 Å². The van der Waals surface area contributed by atoms with Crippen LogP contribution in [0.1, 0.15) is 24.9 Å². The lowest BCUT2D eigenvalue weighted by Gasteiger charge is -2.09. The fraction of sp³-hybridized carbons (Fsp3) is 0.333. The molecule has 1 heterocycles. The van der Waals surface area contributed by atoms with Crippen molar-refractivity contribution in [1.82, 2.24) is 9.97 Å². The van der Waals surface area contributed by atoms with Crippen LogP contribution in [0.15, 0.2) is 24.3 Å². The van der Waals surface area contributed by atoms with Gasteiger partial charge in [0.1, 0.15) is 18.2 Å². The van der Waals surface area contributed by atoms with Gasteiger partial charge in [-0.2, -0.15) is 0 Å². The first-order valence-corrected chi connectivity index (χ1v) is 6.74. The summed E-state index contributed by atoms with van der Waals surface area (Å²) in [7, 11) is 0. The zero-order chi connectivity index (χ0) is 15.2. The van der Waals surface area contributed by atoms with Crippen molar-refractivity contribution in [2.24, 2.45) is 0 Å². The zero-order valence-electron chi connectivity index (χ0n) is 12.0. The van der Waals surface area contributed by atoms with Gasteiger partial charge in [-0.3, -0.25) is 0 Å². The van der Waals surface area contributed by atoms with E-state index in [-0.39, 0.29) is 12.4 Å². The molecule has 1 aromatic heterocycles. The van der Waals surface area contributed by atoms with Gasteiger partial charge in [-0.15, -0.1) is 0 Å². The topological polar surface area (TPSA) is 47.0 Å². The maximum atomic E-state index is 13.5. The van der Waals surface area contributed by atoms with Crippen molar-refractivity contribution in [3.63, 3.8) is 0 Å². The average molecular weight is 293 g/mol. The molecule has 0 aliphatic rings. The molecule has 0 aliphatic heterocycles. The molecule has 0 radical (unpaired) electrons. The van der Waals surface area contributed by atoms with Crippen LogP contribution in [0, 0.1) is 18.6 Å². The number of rotatable bonds is 6. The Bertz CT molecular complexity index is 620. The number of halogens is 2. The number of nitrogens with zero attached hydrogens (tertiary/aromatic N) is 2. The predicted octanol–water partition coefficient (Wildman–Crippen LogP) is 3.46. The van der Waals surface area contributed by atoms with Gasteiger partial charge in [0.2, 0.25) is 0 Å². The van der Waals surface area contributed by atoms with E-state index in [1.165, 1.54) is 0 Å². The van der Waals surface area contributed by atoms with Crippen molar-refractivity contribution >= 4 is 5.82 Å². The van der Waals surface area contributed by atoms with Crippen LogP contribution in [-0.4, -0.2) is 16.5 Å². The largest absolute Gasteiger partial charge is 0.482 e. The van der Waals surface area contributed by atoms with E-state index in [0.29, 0.717) is 11.6 Å². The molecule has 21 heavy (non-hydrogen) atoms. The number of aromatic nitrogens is 2. The van der Waals surface area contributed by atoms with Gasteiger partial charge < -0.3 is 10.1 Å². The summed E-state index contributed by atoms with van der Waals surface area (Å²) in [5.41, 5.74) is 0.780. The molecule has 0 atom stereocenters. The van der Waals surface area contributed by atoms with Crippen molar-refractivity contribution in [3.05, 3.63) is 47.4 Å². The molecule has 6 heteroatoms. The minimum atomic E-state index is -0.617. The first-order chi connectivity index (χ1) is 10.1. The second kappa shape index (κ2) is 6.97. The van der Waals surface area contributed by atoms with Crippen molar-refractivity contribution in [2.45, 2.75) is 26.9 Å². The molecule has 0 unspecified atom stereocenters. The highest BCUT2D eigenvalue weighted by Crippen LogP contribution is 2.19. The Morgan fingerprint density at radius 3 is 2.76 bits per heavy atom. The van der Waals surface area contributed by atoms with E-state index in [1.807, 2.05) is 13.0 Å². The number of anilines is 1. The van der Waals surface area contributed by atoms with Crippen molar-refractivity contribution in [1.29, 1.82) is 0 Å². The summed E-state index contributed by atoms with van der Waals surface area (Å²) < 4.78 is 31.8. The molecule has 0 bridgehead atoms. The molecule has 0 fully saturated rings. The molecule has 0 saturated heterocycles. The van der Waals surface area contributed by atoms with Crippen molar-refractivity contribution in [3.8, 4) is 5.75 Å². The van der Waals surface area contributed by atoms with E-state index in [2.05, 4.69) is 22.2 Å². The Labute approximate surface area is 122 Å².